The van der Waals surface area contributed by atoms with Gasteiger partial charge in [0, 0.05) is 20.7 Å². The second-order valence-corrected chi connectivity index (χ2v) is 5.51. The minimum atomic E-state index is -3.81. The van der Waals surface area contributed by atoms with Crippen molar-refractivity contribution in [3.8, 4) is 0 Å². The number of likely N-dealkylation sites (N-methyl/N-ethyl adjacent to an activating group) is 1. The number of carboxylic acid groups (broad SMARTS) is 1. The van der Waals surface area contributed by atoms with Crippen LogP contribution in [0.4, 0.5) is 0 Å². The van der Waals surface area contributed by atoms with Crippen LogP contribution in [0.25, 0.3) is 0 Å². The van der Waals surface area contributed by atoms with Crippen LogP contribution >= 0.6 is 0 Å². The largest absolute Gasteiger partial charge is 0.480 e. The molecular formula is C8H18N2O5S. The van der Waals surface area contributed by atoms with Gasteiger partial charge in [0.05, 0.1) is 6.61 Å². The van der Waals surface area contributed by atoms with Gasteiger partial charge in [0.1, 0.15) is 5.54 Å². The molecule has 0 aliphatic heterocycles. The van der Waals surface area contributed by atoms with Crippen LogP contribution in [0, 0.1) is 0 Å². The Hall–Kier alpha value is -0.700. The topological polar surface area (TPSA) is 95.9 Å². The van der Waals surface area contributed by atoms with E-state index in [9.17, 15) is 13.2 Å². The second kappa shape index (κ2) is 5.58. The van der Waals surface area contributed by atoms with E-state index in [1.165, 1.54) is 28.0 Å². The molecule has 0 radical (unpaired) electrons. The zero-order chi connectivity index (χ0) is 13.0. The molecule has 0 spiro atoms. The highest BCUT2D eigenvalue weighted by Gasteiger charge is 2.39. The van der Waals surface area contributed by atoms with E-state index < -0.39 is 21.7 Å². The number of nitrogens with zero attached hydrogens (tertiary/aromatic N) is 1. The van der Waals surface area contributed by atoms with E-state index in [0.29, 0.717) is 0 Å². The Labute approximate surface area is 95.6 Å². The van der Waals surface area contributed by atoms with Crippen molar-refractivity contribution in [2.45, 2.75) is 19.4 Å². The van der Waals surface area contributed by atoms with E-state index >= 15 is 0 Å². The van der Waals surface area contributed by atoms with E-state index in [1.54, 1.807) is 0 Å². The Balaban J connectivity index is 4.70. The van der Waals surface area contributed by atoms with Crippen LogP contribution in [-0.2, 0) is 19.7 Å². The minimum Gasteiger partial charge on any atom is -0.480 e. The van der Waals surface area contributed by atoms with Crippen molar-refractivity contribution >= 4 is 16.2 Å². The minimum absolute atomic E-state index is 0.0961. The predicted octanol–water partition coefficient (Wildman–Crippen LogP) is -0.738. The van der Waals surface area contributed by atoms with Gasteiger partial charge < -0.3 is 9.84 Å². The summed E-state index contributed by atoms with van der Waals surface area (Å²) in [6.45, 7) is 2.94. The molecular weight excluding hydrogens is 236 g/mol. The Morgan fingerprint density at radius 3 is 2.38 bits per heavy atom. The van der Waals surface area contributed by atoms with Crippen molar-refractivity contribution in [2.75, 3.05) is 27.3 Å². The predicted molar refractivity (Wildman–Crippen MR) is 58.3 cm³/mol. The quantitative estimate of drug-likeness (QED) is 0.583. The first-order valence-electron chi connectivity index (χ1n) is 4.62. The highest BCUT2D eigenvalue weighted by Crippen LogP contribution is 2.15. The molecule has 8 heteroatoms. The maximum Gasteiger partial charge on any atom is 0.324 e. The lowest BCUT2D eigenvalue weighted by Gasteiger charge is -2.30. The number of nitrogens with one attached hydrogen (secondary N) is 1. The average molecular weight is 254 g/mol. The van der Waals surface area contributed by atoms with Crippen LogP contribution in [-0.4, -0.2) is 56.6 Å². The van der Waals surface area contributed by atoms with Crippen LogP contribution < -0.4 is 4.72 Å². The highest BCUT2D eigenvalue weighted by molar-refractivity contribution is 7.87. The van der Waals surface area contributed by atoms with Crippen molar-refractivity contribution in [1.82, 2.24) is 9.03 Å². The highest BCUT2D eigenvalue weighted by atomic mass is 32.2. The number of ether oxygens (including phenoxy) is 1. The molecule has 96 valence electrons. The molecule has 0 aromatic heterocycles. The summed E-state index contributed by atoms with van der Waals surface area (Å²) in [5.41, 5.74) is -1.50. The molecule has 7 nitrogen and oxygen atoms in total. The molecule has 2 N–H and O–H groups in total. The molecule has 0 fully saturated rings. The molecule has 0 aliphatic carbocycles. The molecule has 0 atom stereocenters. The summed E-state index contributed by atoms with van der Waals surface area (Å²) < 4.78 is 31.0. The van der Waals surface area contributed by atoms with Gasteiger partial charge in [-0.1, -0.05) is 0 Å². The zero-order valence-corrected chi connectivity index (χ0v) is 10.7. The van der Waals surface area contributed by atoms with Gasteiger partial charge in [0.2, 0.25) is 0 Å². The SMILES string of the molecule is COCCNS(=O)(=O)N(C)C(C)(C)C(=O)O. The van der Waals surface area contributed by atoms with Gasteiger partial charge in [-0.2, -0.15) is 17.4 Å². The first-order valence-corrected chi connectivity index (χ1v) is 6.06. The second-order valence-electron chi connectivity index (χ2n) is 3.72. The summed E-state index contributed by atoms with van der Waals surface area (Å²) in [7, 11) is -1.16. The van der Waals surface area contributed by atoms with Gasteiger partial charge in [-0.3, -0.25) is 4.79 Å². The molecule has 0 aromatic rings. The number of hydrogen-bond acceptors (Lipinski definition) is 4. The summed E-state index contributed by atoms with van der Waals surface area (Å²) >= 11 is 0. The molecule has 16 heavy (non-hydrogen) atoms. The number of aliphatic carboxylic acids is 1. The van der Waals surface area contributed by atoms with Crippen molar-refractivity contribution in [3.63, 3.8) is 0 Å². The smallest absolute Gasteiger partial charge is 0.324 e. The Bertz CT molecular complexity index is 338. The van der Waals surface area contributed by atoms with Crippen LogP contribution in [0.2, 0.25) is 0 Å². The number of rotatable bonds is 7. The molecule has 0 amide bonds. The average Bonchev–Trinajstić information content (AvgIpc) is 2.16. The molecule has 0 aromatic carbocycles. The van der Waals surface area contributed by atoms with Gasteiger partial charge in [-0.05, 0) is 13.8 Å². The normalized spacial score (nSPS) is 13.1. The third kappa shape index (κ3) is 3.71. The Kier molecular flexibility index (Phi) is 5.33. The molecule has 0 unspecified atom stereocenters. The first-order chi connectivity index (χ1) is 7.16. The van der Waals surface area contributed by atoms with Gasteiger partial charge in [0.25, 0.3) is 10.2 Å². The summed E-state index contributed by atoms with van der Waals surface area (Å²) in [6, 6.07) is 0. The number of carboxylic acids is 1. The van der Waals surface area contributed by atoms with Crippen molar-refractivity contribution < 1.29 is 23.1 Å². The molecule has 0 bridgehead atoms. The van der Waals surface area contributed by atoms with Crippen LogP contribution in [0.1, 0.15) is 13.8 Å². The lowest BCUT2D eigenvalue weighted by molar-refractivity contribution is -0.145. The molecule has 0 rings (SSSR count). The number of methoxy groups -OCH3 is 1. The van der Waals surface area contributed by atoms with E-state index in [-0.39, 0.29) is 13.2 Å². The third-order valence-electron chi connectivity index (χ3n) is 2.26. The van der Waals surface area contributed by atoms with Gasteiger partial charge in [-0.25, -0.2) is 0 Å². The van der Waals surface area contributed by atoms with E-state index in [0.717, 1.165) is 4.31 Å². The van der Waals surface area contributed by atoms with Crippen LogP contribution in [0.5, 0.6) is 0 Å². The third-order valence-corrected chi connectivity index (χ3v) is 4.01. The monoisotopic (exact) mass is 254 g/mol. The Morgan fingerprint density at radius 2 is 2.00 bits per heavy atom. The Morgan fingerprint density at radius 1 is 1.50 bits per heavy atom. The van der Waals surface area contributed by atoms with E-state index in [4.69, 9.17) is 5.11 Å². The molecule has 0 saturated heterocycles. The maximum absolute atomic E-state index is 11.7. The lowest BCUT2D eigenvalue weighted by atomic mass is 10.1. The van der Waals surface area contributed by atoms with Gasteiger partial charge in [0.15, 0.2) is 0 Å². The van der Waals surface area contributed by atoms with Crippen molar-refractivity contribution in [1.29, 1.82) is 0 Å². The van der Waals surface area contributed by atoms with Crippen LogP contribution in [0.15, 0.2) is 0 Å². The standard InChI is InChI=1S/C8H18N2O5S/c1-8(2,7(11)12)10(3)16(13,14)9-5-6-15-4/h9H,5-6H2,1-4H3,(H,11,12). The summed E-state index contributed by atoms with van der Waals surface area (Å²) in [4.78, 5) is 10.9. The van der Waals surface area contributed by atoms with E-state index in [2.05, 4.69) is 9.46 Å². The molecule has 0 saturated carbocycles. The summed E-state index contributed by atoms with van der Waals surface area (Å²) in [5.74, 6) is -1.22. The number of hydrogen-bond donors (Lipinski definition) is 2. The maximum atomic E-state index is 11.7. The summed E-state index contributed by atoms with van der Waals surface area (Å²) in [5, 5.41) is 8.89. The van der Waals surface area contributed by atoms with Crippen molar-refractivity contribution in [2.24, 2.45) is 0 Å². The van der Waals surface area contributed by atoms with Gasteiger partial charge >= 0.3 is 5.97 Å². The van der Waals surface area contributed by atoms with Crippen LogP contribution in [0.3, 0.4) is 0 Å². The fourth-order valence-electron chi connectivity index (χ4n) is 0.805. The lowest BCUT2D eigenvalue weighted by Crippen LogP contribution is -2.54. The number of carbonyl (C=O) groups is 1. The molecule has 0 heterocycles. The first kappa shape index (κ1) is 15.3. The van der Waals surface area contributed by atoms with E-state index in [1.807, 2.05) is 0 Å². The molecule has 0 aliphatic rings. The van der Waals surface area contributed by atoms with Crippen molar-refractivity contribution in [3.05, 3.63) is 0 Å². The fraction of sp³-hybridized carbons (Fsp3) is 0.875. The zero-order valence-electron chi connectivity index (χ0n) is 9.85. The fourth-order valence-corrected chi connectivity index (χ4v) is 2.02. The van der Waals surface area contributed by atoms with Gasteiger partial charge in [-0.15, -0.1) is 0 Å². The summed E-state index contributed by atoms with van der Waals surface area (Å²) in [6.07, 6.45) is 0.